The SMILES string of the molecule is CCOC(=O)c1nnn(Cc2ccc(OC)cc2)c1SC1CCC(c2ccc(N3CCCCC3=O)c(Cl)c2)CC1. The molecule has 0 radical (unpaired) electrons. The predicted molar refractivity (Wildman–Crippen MR) is 157 cm³/mol. The number of methoxy groups -OCH3 is 1. The summed E-state index contributed by atoms with van der Waals surface area (Å²) in [4.78, 5) is 26.9. The Balaban J connectivity index is 1.26. The first-order chi connectivity index (χ1) is 19.5. The largest absolute Gasteiger partial charge is 0.497 e. The van der Waals surface area contributed by atoms with Crippen molar-refractivity contribution >= 4 is 40.9 Å². The fraction of sp³-hybridized carbons (Fsp3) is 0.467. The third-order valence-corrected chi connectivity index (χ3v) is 9.39. The number of aromatic nitrogens is 3. The molecule has 10 heteroatoms. The van der Waals surface area contributed by atoms with Gasteiger partial charge in [0.05, 0.1) is 31.0 Å². The number of esters is 1. The second-order valence-electron chi connectivity index (χ2n) is 10.3. The van der Waals surface area contributed by atoms with Crippen LogP contribution in [0.25, 0.3) is 0 Å². The summed E-state index contributed by atoms with van der Waals surface area (Å²) >= 11 is 8.35. The van der Waals surface area contributed by atoms with Crippen molar-refractivity contribution in [1.29, 1.82) is 0 Å². The van der Waals surface area contributed by atoms with E-state index >= 15 is 0 Å². The topological polar surface area (TPSA) is 86.5 Å². The molecular weight excluding hydrogens is 548 g/mol. The van der Waals surface area contributed by atoms with Crippen LogP contribution in [-0.4, -0.2) is 52.4 Å². The summed E-state index contributed by atoms with van der Waals surface area (Å²) in [7, 11) is 1.64. The summed E-state index contributed by atoms with van der Waals surface area (Å²) in [6.45, 7) is 3.31. The van der Waals surface area contributed by atoms with Crippen LogP contribution in [0, 0.1) is 0 Å². The Bertz CT molecular complexity index is 1340. The van der Waals surface area contributed by atoms with Crippen molar-refractivity contribution in [3.8, 4) is 5.75 Å². The van der Waals surface area contributed by atoms with Gasteiger partial charge in [-0.25, -0.2) is 9.48 Å². The van der Waals surface area contributed by atoms with Crippen molar-refractivity contribution in [2.75, 3.05) is 25.2 Å². The maximum absolute atomic E-state index is 12.7. The monoisotopic (exact) mass is 582 g/mol. The van der Waals surface area contributed by atoms with Crippen LogP contribution in [0.2, 0.25) is 5.02 Å². The highest BCUT2D eigenvalue weighted by molar-refractivity contribution is 7.99. The molecule has 0 atom stereocenters. The number of hydrogen-bond donors (Lipinski definition) is 0. The summed E-state index contributed by atoms with van der Waals surface area (Å²) in [5.41, 5.74) is 3.36. The normalized spacial score (nSPS) is 19.5. The van der Waals surface area contributed by atoms with Gasteiger partial charge in [-0.3, -0.25) is 4.79 Å². The molecule has 2 aromatic carbocycles. The number of amides is 1. The minimum atomic E-state index is -0.443. The molecule has 0 spiro atoms. The molecule has 1 saturated carbocycles. The van der Waals surface area contributed by atoms with E-state index in [-0.39, 0.29) is 18.2 Å². The molecule has 0 bridgehead atoms. The summed E-state index contributed by atoms with van der Waals surface area (Å²) < 4.78 is 12.3. The molecular formula is C30H35ClN4O4S. The van der Waals surface area contributed by atoms with Crippen LogP contribution in [0.5, 0.6) is 5.75 Å². The summed E-state index contributed by atoms with van der Waals surface area (Å²) in [6, 6.07) is 14.0. The fourth-order valence-electron chi connectivity index (χ4n) is 5.48. The number of nitrogens with zero attached hydrogens (tertiary/aromatic N) is 4. The molecule has 1 amide bonds. The number of hydrogen-bond acceptors (Lipinski definition) is 7. The van der Waals surface area contributed by atoms with Gasteiger partial charge < -0.3 is 14.4 Å². The van der Waals surface area contributed by atoms with Gasteiger partial charge >= 0.3 is 5.97 Å². The van der Waals surface area contributed by atoms with Crippen LogP contribution < -0.4 is 9.64 Å². The lowest BCUT2D eigenvalue weighted by Crippen LogP contribution is -2.35. The van der Waals surface area contributed by atoms with Crippen LogP contribution in [0.15, 0.2) is 47.5 Å². The van der Waals surface area contributed by atoms with Gasteiger partial charge in [0.15, 0.2) is 0 Å². The smallest absolute Gasteiger partial charge is 0.361 e. The highest BCUT2D eigenvalue weighted by Crippen LogP contribution is 2.42. The number of carbonyl (C=O) groups is 2. The predicted octanol–water partition coefficient (Wildman–Crippen LogP) is 6.50. The Morgan fingerprint density at radius 3 is 2.55 bits per heavy atom. The minimum absolute atomic E-state index is 0.154. The van der Waals surface area contributed by atoms with Gasteiger partial charge in [-0.05, 0) is 86.8 Å². The Hall–Kier alpha value is -3.04. The van der Waals surface area contributed by atoms with Crippen molar-refractivity contribution < 1.29 is 19.1 Å². The average molecular weight is 583 g/mol. The molecule has 2 fully saturated rings. The number of rotatable bonds is 9. The lowest BCUT2D eigenvalue weighted by atomic mass is 9.84. The minimum Gasteiger partial charge on any atom is -0.497 e. The molecule has 2 aliphatic rings. The lowest BCUT2D eigenvalue weighted by Gasteiger charge is -2.30. The first kappa shape index (κ1) is 28.5. The molecule has 1 saturated heterocycles. The molecule has 1 aromatic heterocycles. The van der Waals surface area contributed by atoms with Crippen LogP contribution in [0.3, 0.4) is 0 Å². The quantitative estimate of drug-likeness (QED) is 0.266. The number of thioether (sulfide) groups is 1. The maximum atomic E-state index is 12.7. The number of anilines is 1. The molecule has 3 aromatic rings. The maximum Gasteiger partial charge on any atom is 0.361 e. The number of carbonyl (C=O) groups excluding carboxylic acids is 2. The summed E-state index contributed by atoms with van der Waals surface area (Å²) in [5, 5.41) is 10.3. The molecule has 2 heterocycles. The van der Waals surface area contributed by atoms with E-state index in [1.807, 2.05) is 41.3 Å². The van der Waals surface area contributed by atoms with Gasteiger partial charge in [0.25, 0.3) is 0 Å². The first-order valence-electron chi connectivity index (χ1n) is 14.0. The number of piperidine rings is 1. The molecule has 5 rings (SSSR count). The van der Waals surface area contributed by atoms with E-state index in [2.05, 4.69) is 16.4 Å². The molecule has 8 nitrogen and oxygen atoms in total. The van der Waals surface area contributed by atoms with Gasteiger partial charge in [0.1, 0.15) is 10.8 Å². The van der Waals surface area contributed by atoms with Crippen LogP contribution in [-0.2, 0) is 16.1 Å². The van der Waals surface area contributed by atoms with Gasteiger partial charge in [0, 0.05) is 18.2 Å². The van der Waals surface area contributed by atoms with Crippen molar-refractivity contribution in [2.45, 2.75) is 74.6 Å². The highest BCUT2D eigenvalue weighted by Gasteiger charge is 2.29. The van der Waals surface area contributed by atoms with Crippen molar-refractivity contribution in [2.24, 2.45) is 0 Å². The zero-order chi connectivity index (χ0) is 28.1. The van der Waals surface area contributed by atoms with E-state index < -0.39 is 5.97 Å². The van der Waals surface area contributed by atoms with E-state index in [4.69, 9.17) is 21.1 Å². The Morgan fingerprint density at radius 2 is 1.88 bits per heavy atom. The number of ether oxygens (including phenoxy) is 2. The Morgan fingerprint density at radius 1 is 1.10 bits per heavy atom. The van der Waals surface area contributed by atoms with Gasteiger partial charge in [-0.1, -0.05) is 35.0 Å². The van der Waals surface area contributed by atoms with E-state index in [1.165, 1.54) is 5.56 Å². The van der Waals surface area contributed by atoms with E-state index in [9.17, 15) is 9.59 Å². The van der Waals surface area contributed by atoms with Crippen LogP contribution >= 0.6 is 23.4 Å². The van der Waals surface area contributed by atoms with Crippen molar-refractivity contribution in [3.05, 3.63) is 64.3 Å². The molecule has 1 aliphatic carbocycles. The second kappa shape index (κ2) is 13.1. The summed E-state index contributed by atoms with van der Waals surface area (Å²) in [5.74, 6) is 0.909. The zero-order valence-electron chi connectivity index (χ0n) is 23.0. The van der Waals surface area contributed by atoms with Gasteiger partial charge in [0.2, 0.25) is 11.6 Å². The molecule has 1 aliphatic heterocycles. The van der Waals surface area contributed by atoms with E-state index in [0.717, 1.165) is 67.1 Å². The molecule has 0 unspecified atom stereocenters. The van der Waals surface area contributed by atoms with Crippen molar-refractivity contribution in [1.82, 2.24) is 15.0 Å². The third kappa shape index (κ3) is 6.47. The Labute approximate surface area is 244 Å². The van der Waals surface area contributed by atoms with E-state index in [1.54, 1.807) is 30.5 Å². The van der Waals surface area contributed by atoms with E-state index in [0.29, 0.717) is 29.2 Å². The molecule has 40 heavy (non-hydrogen) atoms. The molecule has 0 N–H and O–H groups in total. The third-order valence-electron chi connectivity index (χ3n) is 7.66. The van der Waals surface area contributed by atoms with Gasteiger partial charge in [-0.2, -0.15) is 0 Å². The first-order valence-corrected chi connectivity index (χ1v) is 15.2. The zero-order valence-corrected chi connectivity index (χ0v) is 24.5. The number of halogens is 1. The van der Waals surface area contributed by atoms with Gasteiger partial charge in [-0.15, -0.1) is 16.9 Å². The van der Waals surface area contributed by atoms with Crippen LogP contribution in [0.1, 0.15) is 79.4 Å². The average Bonchev–Trinajstić information content (AvgIpc) is 3.36. The number of benzene rings is 2. The highest BCUT2D eigenvalue weighted by atomic mass is 35.5. The fourth-order valence-corrected chi connectivity index (χ4v) is 7.06. The van der Waals surface area contributed by atoms with Crippen molar-refractivity contribution in [3.63, 3.8) is 0 Å². The standard InChI is InChI=1S/C30H35ClN4O4S/c1-3-39-30(37)28-29(35(33-32-28)19-20-7-12-23(38-2)13-8-20)40-24-14-9-21(10-15-24)22-11-16-26(25(31)18-22)34-17-5-4-6-27(34)36/h7-8,11-13,16,18,21,24H,3-6,9-10,14-15,17,19H2,1-2H3. The lowest BCUT2D eigenvalue weighted by molar-refractivity contribution is -0.119. The van der Waals surface area contributed by atoms with Crippen LogP contribution in [0.4, 0.5) is 5.69 Å². The summed E-state index contributed by atoms with van der Waals surface area (Å²) in [6.07, 6.45) is 6.58. The molecule has 212 valence electrons. The Kier molecular flexibility index (Phi) is 9.32. The second-order valence-corrected chi connectivity index (χ2v) is 12.0.